The molecule has 112 valence electrons. The lowest BCUT2D eigenvalue weighted by Crippen LogP contribution is -1.98. The highest BCUT2D eigenvalue weighted by molar-refractivity contribution is 5.61. The Hall–Kier alpha value is -2.17. The molecule has 0 radical (unpaired) electrons. The van der Waals surface area contributed by atoms with Gasteiger partial charge in [-0.05, 0) is 30.7 Å². The number of methoxy groups -OCH3 is 1. The monoisotopic (exact) mass is 293 g/mol. The van der Waals surface area contributed by atoms with E-state index in [4.69, 9.17) is 9.47 Å². The largest absolute Gasteiger partial charge is 0.494 e. The average molecular weight is 293 g/mol. The second-order valence-electron chi connectivity index (χ2n) is 4.52. The summed E-state index contributed by atoms with van der Waals surface area (Å²) < 4.78 is 37.9. The maximum Gasteiger partial charge on any atom is 0.201 e. The zero-order valence-electron chi connectivity index (χ0n) is 12.0. The second-order valence-corrected chi connectivity index (χ2v) is 4.52. The van der Waals surface area contributed by atoms with Gasteiger partial charge in [0.1, 0.15) is 5.75 Å². The summed E-state index contributed by atoms with van der Waals surface area (Å²) >= 11 is 0. The summed E-state index contributed by atoms with van der Waals surface area (Å²) in [5.74, 6) is -1.50. The maximum atomic E-state index is 14.0. The molecular formula is C16H17F2NO2. The summed E-state index contributed by atoms with van der Waals surface area (Å²) in [5.41, 5.74) is 0.435. The van der Waals surface area contributed by atoms with Crippen molar-refractivity contribution in [2.24, 2.45) is 0 Å². The van der Waals surface area contributed by atoms with Crippen LogP contribution in [0.4, 0.5) is 8.78 Å². The molecule has 0 bridgehead atoms. The van der Waals surface area contributed by atoms with E-state index in [1.54, 1.807) is 12.1 Å². The fourth-order valence-electron chi connectivity index (χ4n) is 1.85. The maximum absolute atomic E-state index is 14.0. The summed E-state index contributed by atoms with van der Waals surface area (Å²) in [6.07, 6.45) is 3.51. The number of hydrogen-bond donors (Lipinski definition) is 0. The Morgan fingerprint density at radius 2 is 1.90 bits per heavy atom. The van der Waals surface area contributed by atoms with Gasteiger partial charge in [0.2, 0.25) is 5.82 Å². The quantitative estimate of drug-likeness (QED) is 0.747. The Kier molecular flexibility index (Phi) is 5.09. The highest BCUT2D eigenvalue weighted by Gasteiger charge is 2.15. The number of nitrogens with zero attached hydrogens (tertiary/aromatic N) is 1. The zero-order valence-corrected chi connectivity index (χ0v) is 12.0. The van der Waals surface area contributed by atoms with Crippen LogP contribution in [0.1, 0.15) is 19.8 Å². The lowest BCUT2D eigenvalue weighted by molar-refractivity contribution is 0.308. The van der Waals surface area contributed by atoms with E-state index in [2.05, 4.69) is 11.9 Å². The SMILES string of the molecule is CCCCOc1ccc(-c2ccc(OC)c(F)c2F)nc1. The molecule has 0 unspecified atom stereocenters. The molecule has 1 aromatic carbocycles. The smallest absolute Gasteiger partial charge is 0.201 e. The third-order valence-electron chi connectivity index (χ3n) is 3.05. The molecule has 0 aliphatic carbocycles. The second kappa shape index (κ2) is 7.02. The third kappa shape index (κ3) is 3.48. The van der Waals surface area contributed by atoms with Crippen molar-refractivity contribution in [2.75, 3.05) is 13.7 Å². The van der Waals surface area contributed by atoms with Gasteiger partial charge in [-0.3, -0.25) is 4.98 Å². The van der Waals surface area contributed by atoms with Crippen molar-refractivity contribution < 1.29 is 18.3 Å². The van der Waals surface area contributed by atoms with Crippen LogP contribution in [0.25, 0.3) is 11.3 Å². The highest BCUT2D eigenvalue weighted by Crippen LogP contribution is 2.29. The van der Waals surface area contributed by atoms with Gasteiger partial charge in [-0.15, -0.1) is 0 Å². The standard InChI is InChI=1S/C16H17F2NO2/c1-3-4-9-21-11-5-7-13(19-10-11)12-6-8-14(20-2)16(18)15(12)17/h5-8,10H,3-4,9H2,1-2H3. The van der Waals surface area contributed by atoms with Crippen molar-refractivity contribution >= 4 is 0 Å². The van der Waals surface area contributed by atoms with Gasteiger partial charge in [-0.2, -0.15) is 4.39 Å². The van der Waals surface area contributed by atoms with E-state index in [0.717, 1.165) is 12.8 Å². The van der Waals surface area contributed by atoms with Crippen LogP contribution in [-0.4, -0.2) is 18.7 Å². The molecule has 1 heterocycles. The van der Waals surface area contributed by atoms with Crippen LogP contribution in [0.15, 0.2) is 30.5 Å². The topological polar surface area (TPSA) is 31.4 Å². The minimum Gasteiger partial charge on any atom is -0.494 e. The van der Waals surface area contributed by atoms with Gasteiger partial charge in [-0.1, -0.05) is 13.3 Å². The average Bonchev–Trinajstić information content (AvgIpc) is 2.51. The first-order chi connectivity index (χ1) is 10.2. The molecule has 0 aliphatic heterocycles. The summed E-state index contributed by atoms with van der Waals surface area (Å²) in [6.45, 7) is 2.69. The number of hydrogen-bond acceptors (Lipinski definition) is 3. The number of unbranched alkanes of at least 4 members (excludes halogenated alkanes) is 1. The Bertz CT molecular complexity index is 600. The Morgan fingerprint density at radius 3 is 2.52 bits per heavy atom. The van der Waals surface area contributed by atoms with Crippen molar-refractivity contribution in [3.63, 3.8) is 0 Å². The molecule has 21 heavy (non-hydrogen) atoms. The molecule has 0 aliphatic rings. The Labute approximate surface area is 122 Å². The minimum absolute atomic E-state index is 0.0911. The number of halogens is 2. The third-order valence-corrected chi connectivity index (χ3v) is 3.05. The number of ether oxygens (including phenoxy) is 2. The molecule has 5 heteroatoms. The van der Waals surface area contributed by atoms with Crippen molar-refractivity contribution in [3.05, 3.63) is 42.1 Å². The van der Waals surface area contributed by atoms with Crippen molar-refractivity contribution in [2.45, 2.75) is 19.8 Å². The van der Waals surface area contributed by atoms with E-state index in [0.29, 0.717) is 18.1 Å². The molecule has 0 fully saturated rings. The molecule has 0 amide bonds. The fourth-order valence-corrected chi connectivity index (χ4v) is 1.85. The van der Waals surface area contributed by atoms with Crippen molar-refractivity contribution in [1.82, 2.24) is 4.98 Å². The summed E-state index contributed by atoms with van der Waals surface area (Å²) in [7, 11) is 1.29. The van der Waals surface area contributed by atoms with E-state index in [9.17, 15) is 8.78 Å². The van der Waals surface area contributed by atoms with Gasteiger partial charge in [0.05, 0.1) is 25.6 Å². The molecule has 0 saturated heterocycles. The molecule has 0 spiro atoms. The molecule has 0 N–H and O–H groups in total. The first-order valence-corrected chi connectivity index (χ1v) is 6.78. The van der Waals surface area contributed by atoms with Crippen LogP contribution >= 0.6 is 0 Å². The predicted octanol–water partition coefficient (Wildman–Crippen LogP) is 4.21. The van der Waals surface area contributed by atoms with Crippen LogP contribution in [-0.2, 0) is 0 Å². The number of rotatable bonds is 6. The van der Waals surface area contributed by atoms with Crippen molar-refractivity contribution in [1.29, 1.82) is 0 Å². The van der Waals surface area contributed by atoms with Gasteiger partial charge in [0, 0.05) is 5.56 Å². The Morgan fingerprint density at radius 1 is 1.10 bits per heavy atom. The van der Waals surface area contributed by atoms with Crippen LogP contribution in [0.2, 0.25) is 0 Å². The highest BCUT2D eigenvalue weighted by atomic mass is 19.2. The van der Waals surface area contributed by atoms with Crippen LogP contribution in [0, 0.1) is 11.6 Å². The first kappa shape index (κ1) is 15.2. The van der Waals surface area contributed by atoms with Crippen LogP contribution < -0.4 is 9.47 Å². The van der Waals surface area contributed by atoms with Gasteiger partial charge < -0.3 is 9.47 Å². The van der Waals surface area contributed by atoms with Crippen molar-refractivity contribution in [3.8, 4) is 22.8 Å². The molecule has 0 atom stereocenters. The fraction of sp³-hybridized carbons (Fsp3) is 0.312. The lowest BCUT2D eigenvalue weighted by atomic mass is 10.1. The van der Waals surface area contributed by atoms with E-state index in [1.165, 1.54) is 25.4 Å². The van der Waals surface area contributed by atoms with E-state index in [1.807, 2.05) is 0 Å². The van der Waals surface area contributed by atoms with Gasteiger partial charge in [0.15, 0.2) is 11.6 Å². The number of pyridine rings is 1. The molecule has 3 nitrogen and oxygen atoms in total. The molecule has 2 aromatic rings. The molecule has 0 saturated carbocycles. The summed E-state index contributed by atoms with van der Waals surface area (Å²) in [5, 5.41) is 0. The predicted molar refractivity (Wildman–Crippen MR) is 76.5 cm³/mol. The zero-order chi connectivity index (χ0) is 15.2. The van der Waals surface area contributed by atoms with Gasteiger partial charge in [0.25, 0.3) is 0 Å². The Balaban J connectivity index is 2.21. The summed E-state index contributed by atoms with van der Waals surface area (Å²) in [4.78, 5) is 4.11. The van der Waals surface area contributed by atoms with Crippen LogP contribution in [0.5, 0.6) is 11.5 Å². The minimum atomic E-state index is -1.01. The molecule has 1 aromatic heterocycles. The van der Waals surface area contributed by atoms with Gasteiger partial charge in [-0.25, -0.2) is 4.39 Å². The lowest BCUT2D eigenvalue weighted by Gasteiger charge is -2.08. The van der Waals surface area contributed by atoms with Gasteiger partial charge >= 0.3 is 0 Å². The van der Waals surface area contributed by atoms with E-state index < -0.39 is 11.6 Å². The normalized spacial score (nSPS) is 10.5. The molecule has 2 rings (SSSR count). The van der Waals surface area contributed by atoms with E-state index >= 15 is 0 Å². The number of aromatic nitrogens is 1. The summed E-state index contributed by atoms with van der Waals surface area (Å²) in [6, 6.07) is 6.11. The molecular weight excluding hydrogens is 276 g/mol. The number of benzene rings is 1. The van der Waals surface area contributed by atoms with Crippen LogP contribution in [0.3, 0.4) is 0 Å². The van der Waals surface area contributed by atoms with E-state index in [-0.39, 0.29) is 11.3 Å². The first-order valence-electron chi connectivity index (χ1n) is 6.78.